The molecule has 4 unspecified atom stereocenters. The Kier molecular flexibility index (Phi) is 6.45. The average molecular weight is 474 g/mol. The van der Waals surface area contributed by atoms with Gasteiger partial charge in [-0.15, -0.1) is 0 Å². The molecule has 10 atom stereocenters. The summed E-state index contributed by atoms with van der Waals surface area (Å²) in [5.41, 5.74) is -0.124. The largest absolute Gasteiger partial charge is 0.393 e. The summed E-state index contributed by atoms with van der Waals surface area (Å²) >= 11 is 0. The molecular formula is C29H47NO4. The maximum absolute atomic E-state index is 12.4. The SMILES string of the molecule is CC(C)NC(=O)CC[C@@H](C1CC1)[C@H]1CCC2C3C(C[C@H](O)[C@@]21C)[C@@]1(C)CCC(=O)CC1C[C@H]3O. The predicted molar refractivity (Wildman–Crippen MR) is 132 cm³/mol. The van der Waals surface area contributed by atoms with E-state index in [9.17, 15) is 19.8 Å². The molecule has 0 aliphatic heterocycles. The van der Waals surface area contributed by atoms with Gasteiger partial charge in [-0.1, -0.05) is 13.8 Å². The Morgan fingerprint density at radius 1 is 1.09 bits per heavy atom. The minimum Gasteiger partial charge on any atom is -0.393 e. The van der Waals surface area contributed by atoms with Crippen LogP contribution in [-0.4, -0.2) is 40.2 Å². The van der Waals surface area contributed by atoms with E-state index in [4.69, 9.17) is 0 Å². The van der Waals surface area contributed by atoms with Crippen molar-refractivity contribution in [2.24, 2.45) is 52.3 Å². The van der Waals surface area contributed by atoms with E-state index in [2.05, 4.69) is 19.2 Å². The number of aliphatic hydroxyl groups excluding tert-OH is 2. The molecule has 1 amide bonds. The maximum atomic E-state index is 12.4. The number of amides is 1. The van der Waals surface area contributed by atoms with Gasteiger partial charge in [0.15, 0.2) is 0 Å². The van der Waals surface area contributed by atoms with Crippen LogP contribution in [0.1, 0.15) is 98.3 Å². The molecule has 0 saturated heterocycles. The molecule has 5 nitrogen and oxygen atoms in total. The zero-order valence-corrected chi connectivity index (χ0v) is 21.8. The number of Topliss-reactive ketones (excluding diaryl/α,β-unsaturated/α-hetero) is 1. The number of carbonyl (C=O) groups is 2. The van der Waals surface area contributed by atoms with Crippen LogP contribution >= 0.6 is 0 Å². The van der Waals surface area contributed by atoms with E-state index >= 15 is 0 Å². The molecule has 3 N–H and O–H groups in total. The summed E-state index contributed by atoms with van der Waals surface area (Å²) in [5, 5.41) is 26.3. The summed E-state index contributed by atoms with van der Waals surface area (Å²) in [6.07, 6.45) is 9.18. The summed E-state index contributed by atoms with van der Waals surface area (Å²) in [7, 11) is 0. The molecule has 5 saturated carbocycles. The monoisotopic (exact) mass is 473 g/mol. The van der Waals surface area contributed by atoms with Crippen LogP contribution in [0.5, 0.6) is 0 Å². The van der Waals surface area contributed by atoms with Crippen LogP contribution in [-0.2, 0) is 9.59 Å². The molecule has 5 aliphatic carbocycles. The van der Waals surface area contributed by atoms with Gasteiger partial charge in [0.05, 0.1) is 12.2 Å². The molecule has 192 valence electrons. The number of carbonyl (C=O) groups excluding carboxylic acids is 2. The van der Waals surface area contributed by atoms with E-state index in [0.717, 1.165) is 38.5 Å². The molecule has 34 heavy (non-hydrogen) atoms. The minimum absolute atomic E-state index is 0.0586. The second-order valence-corrected chi connectivity index (χ2v) is 13.6. The lowest BCUT2D eigenvalue weighted by molar-refractivity contribution is -0.201. The second kappa shape index (κ2) is 8.87. The van der Waals surface area contributed by atoms with Gasteiger partial charge in [-0.2, -0.15) is 0 Å². The van der Waals surface area contributed by atoms with Crippen molar-refractivity contribution in [1.82, 2.24) is 5.32 Å². The lowest BCUT2D eigenvalue weighted by atomic mass is 9.43. The van der Waals surface area contributed by atoms with Crippen molar-refractivity contribution >= 4 is 11.7 Å². The van der Waals surface area contributed by atoms with Crippen LogP contribution in [0, 0.1) is 52.3 Å². The third kappa shape index (κ3) is 3.97. The van der Waals surface area contributed by atoms with E-state index in [0.29, 0.717) is 54.6 Å². The van der Waals surface area contributed by atoms with Crippen molar-refractivity contribution in [3.63, 3.8) is 0 Å². The molecule has 5 rings (SSSR count). The Labute approximate surface area is 205 Å². The van der Waals surface area contributed by atoms with E-state index in [1.807, 2.05) is 13.8 Å². The van der Waals surface area contributed by atoms with Crippen LogP contribution in [0.2, 0.25) is 0 Å². The minimum atomic E-state index is -0.364. The van der Waals surface area contributed by atoms with Crippen molar-refractivity contribution in [3.8, 4) is 0 Å². The van der Waals surface area contributed by atoms with E-state index < -0.39 is 0 Å². The van der Waals surface area contributed by atoms with Crippen molar-refractivity contribution in [2.45, 2.75) is 117 Å². The summed E-state index contributed by atoms with van der Waals surface area (Å²) < 4.78 is 0. The predicted octanol–water partition coefficient (Wildman–Crippen LogP) is 4.49. The summed E-state index contributed by atoms with van der Waals surface area (Å²) in [6.45, 7) is 8.70. The standard InChI is InChI=1S/C29H47NO4/c1-16(2)30-26(34)10-7-20(17-5-6-17)21-8-9-22-27-23(15-25(33)29(21,22)4)28(3)12-11-19(31)13-18(28)14-24(27)32/h16-18,20-25,27,32-33H,5-15H2,1-4H3,(H,30,34)/t18?,20-,21+,22?,23?,24+,25-,27?,28-,29+/m0/s1. The van der Waals surface area contributed by atoms with Crippen molar-refractivity contribution < 1.29 is 19.8 Å². The number of hydrogen-bond acceptors (Lipinski definition) is 4. The number of nitrogens with one attached hydrogen (secondary N) is 1. The summed E-state index contributed by atoms with van der Waals surface area (Å²) in [6, 6.07) is 0.172. The molecule has 0 aromatic carbocycles. The van der Waals surface area contributed by atoms with Crippen LogP contribution in [0.15, 0.2) is 0 Å². The zero-order valence-electron chi connectivity index (χ0n) is 21.8. The fourth-order valence-electron chi connectivity index (χ4n) is 9.70. The molecule has 0 aromatic heterocycles. The first kappa shape index (κ1) is 24.7. The topological polar surface area (TPSA) is 86.6 Å². The fraction of sp³-hybridized carbons (Fsp3) is 0.931. The lowest BCUT2D eigenvalue weighted by Crippen LogP contribution is -2.62. The molecule has 5 heteroatoms. The number of fused-ring (bicyclic) bond motifs is 5. The van der Waals surface area contributed by atoms with Gasteiger partial charge in [0.1, 0.15) is 5.78 Å². The second-order valence-electron chi connectivity index (χ2n) is 13.6. The van der Waals surface area contributed by atoms with Gasteiger partial charge in [-0.25, -0.2) is 0 Å². The lowest BCUT2D eigenvalue weighted by Gasteiger charge is -2.63. The van der Waals surface area contributed by atoms with Crippen LogP contribution in [0.3, 0.4) is 0 Å². The van der Waals surface area contributed by atoms with Gasteiger partial charge in [-0.05, 0) is 117 Å². The summed E-state index contributed by atoms with van der Waals surface area (Å²) in [4.78, 5) is 24.7. The Bertz CT molecular complexity index is 808. The van der Waals surface area contributed by atoms with Gasteiger partial charge >= 0.3 is 0 Å². The van der Waals surface area contributed by atoms with Crippen LogP contribution < -0.4 is 5.32 Å². The summed E-state index contributed by atoms with van der Waals surface area (Å²) in [5.74, 6) is 3.25. The smallest absolute Gasteiger partial charge is 0.220 e. The average Bonchev–Trinajstić information content (AvgIpc) is 3.53. The molecule has 0 spiro atoms. The molecular weight excluding hydrogens is 426 g/mol. The van der Waals surface area contributed by atoms with Crippen LogP contribution in [0.4, 0.5) is 0 Å². The molecule has 5 aliphatic rings. The third-order valence-electron chi connectivity index (χ3n) is 11.6. The van der Waals surface area contributed by atoms with E-state index in [1.165, 1.54) is 12.8 Å². The highest BCUT2D eigenvalue weighted by molar-refractivity contribution is 5.79. The van der Waals surface area contributed by atoms with Gasteiger partial charge in [0.2, 0.25) is 5.91 Å². The Balaban J connectivity index is 1.38. The van der Waals surface area contributed by atoms with Gasteiger partial charge in [0.25, 0.3) is 0 Å². The molecule has 0 heterocycles. The first-order valence-electron chi connectivity index (χ1n) is 14.2. The first-order valence-corrected chi connectivity index (χ1v) is 14.2. The zero-order chi connectivity index (χ0) is 24.4. The maximum Gasteiger partial charge on any atom is 0.220 e. The highest BCUT2D eigenvalue weighted by atomic mass is 16.3. The number of hydrogen-bond donors (Lipinski definition) is 3. The van der Waals surface area contributed by atoms with Gasteiger partial charge in [-0.3, -0.25) is 9.59 Å². The van der Waals surface area contributed by atoms with Crippen molar-refractivity contribution in [1.29, 1.82) is 0 Å². The molecule has 0 radical (unpaired) electrons. The first-order chi connectivity index (χ1) is 16.1. The number of aliphatic hydroxyl groups is 2. The molecule has 0 aromatic rings. The quantitative estimate of drug-likeness (QED) is 0.531. The molecule has 5 fully saturated rings. The van der Waals surface area contributed by atoms with Gasteiger partial charge < -0.3 is 15.5 Å². The Morgan fingerprint density at radius 3 is 2.50 bits per heavy atom. The van der Waals surface area contributed by atoms with Gasteiger partial charge in [0, 0.05) is 25.3 Å². The highest BCUT2D eigenvalue weighted by Crippen LogP contribution is 2.69. The number of rotatable bonds is 6. The van der Waals surface area contributed by atoms with Crippen molar-refractivity contribution in [2.75, 3.05) is 0 Å². The fourth-order valence-corrected chi connectivity index (χ4v) is 9.70. The highest BCUT2D eigenvalue weighted by Gasteiger charge is 2.66. The normalized spacial score (nSPS) is 47.0. The van der Waals surface area contributed by atoms with E-state index in [-0.39, 0.29) is 46.8 Å². The molecule has 0 bridgehead atoms. The van der Waals surface area contributed by atoms with E-state index in [1.54, 1.807) is 0 Å². The van der Waals surface area contributed by atoms with Crippen molar-refractivity contribution in [3.05, 3.63) is 0 Å². The Hall–Kier alpha value is -0.940. The Morgan fingerprint density at radius 2 is 1.82 bits per heavy atom. The number of ketones is 1. The van der Waals surface area contributed by atoms with Crippen LogP contribution in [0.25, 0.3) is 0 Å². The third-order valence-corrected chi connectivity index (χ3v) is 11.6.